The number of guanidine groups is 4. The molecule has 12 rings (SSSR count). The van der Waals surface area contributed by atoms with Gasteiger partial charge in [0.1, 0.15) is 53.2 Å². The Labute approximate surface area is 629 Å². The molecule has 110 heavy (non-hydrogen) atoms. The van der Waals surface area contributed by atoms with Crippen LogP contribution in [0.25, 0.3) is 0 Å². The van der Waals surface area contributed by atoms with Crippen LogP contribution in [-0.2, 0) is 42.4 Å². The maximum Gasteiger partial charge on any atom is 0.330 e. The Morgan fingerprint density at radius 3 is 1.29 bits per heavy atom. The topological polar surface area (TPSA) is 573 Å². The molecule has 0 spiro atoms. The highest BCUT2D eigenvalue weighted by molar-refractivity contribution is 7.44. The Kier molecular flexibility index (Phi) is 26.3. The number of H-pyrrole nitrogens is 4. The second kappa shape index (κ2) is 34.3. The van der Waals surface area contributed by atoms with Crippen molar-refractivity contribution in [1.82, 2.24) is 80.1 Å². The predicted molar refractivity (Wildman–Crippen MR) is 397 cm³/mol. The summed E-state index contributed by atoms with van der Waals surface area (Å²) in [6.45, 7) is 26.7. The number of amides is 3. The van der Waals surface area contributed by atoms with E-state index in [0.29, 0.717) is 42.0 Å². The fourth-order valence-corrected chi connectivity index (χ4v) is 16.1. The van der Waals surface area contributed by atoms with Crippen molar-refractivity contribution >= 4 is 50.1 Å². The van der Waals surface area contributed by atoms with Crippen LogP contribution in [0.5, 0.6) is 0 Å². The summed E-state index contributed by atoms with van der Waals surface area (Å²) >= 11 is 0. The predicted octanol–water partition coefficient (Wildman–Crippen LogP) is -3.63. The van der Waals surface area contributed by atoms with E-state index in [1.807, 2.05) is 48.5 Å². The molecule has 42 nitrogen and oxygen atoms in total. The number of nitrogens with one attached hydrogen (secondary N) is 11. The third-order valence-electron chi connectivity index (χ3n) is 20.4. The number of aliphatic hydroxyl groups is 3. The van der Waals surface area contributed by atoms with Gasteiger partial charge in [0, 0.05) is 85.8 Å². The molecule has 4 aromatic rings. The summed E-state index contributed by atoms with van der Waals surface area (Å²) in [6.07, 6.45) is 1.46. The van der Waals surface area contributed by atoms with E-state index in [9.17, 15) is 68.1 Å². The number of aromatic nitrogens is 8. The molecule has 4 saturated heterocycles. The van der Waals surface area contributed by atoms with Crippen molar-refractivity contribution in [2.24, 2.45) is 31.6 Å². The summed E-state index contributed by atoms with van der Waals surface area (Å²) in [6, 6.07) is -0.234. The molecular weight excluding hydrogens is 1460 g/mol. The Balaban J connectivity index is 0.000000173. The maximum atomic E-state index is 12.9. The zero-order chi connectivity index (χ0) is 81.0. The molecule has 43 heteroatoms. The lowest BCUT2D eigenvalue weighted by molar-refractivity contribution is -0.122. The molecule has 16 N–H and O–H groups in total. The zero-order valence-electron chi connectivity index (χ0n) is 63.7. The lowest BCUT2D eigenvalue weighted by atomic mass is 9.84. The lowest BCUT2D eigenvalue weighted by Gasteiger charge is -2.40. The molecule has 0 aromatic carbocycles. The molecule has 17 atom stereocenters. The summed E-state index contributed by atoms with van der Waals surface area (Å²) in [5.41, 5.74) is -0.891. The van der Waals surface area contributed by atoms with E-state index in [0.717, 1.165) is 11.0 Å². The van der Waals surface area contributed by atoms with Crippen LogP contribution in [0.4, 0.5) is 0 Å². The fourth-order valence-electron chi connectivity index (χ4n) is 14.3. The van der Waals surface area contributed by atoms with Crippen molar-refractivity contribution in [1.29, 1.82) is 5.26 Å². The highest BCUT2D eigenvalue weighted by atomic mass is 31.2. The second-order valence-electron chi connectivity index (χ2n) is 28.6. The minimum atomic E-state index is -1.66. The average molecular weight is 1560 g/mol. The second-order valence-corrected chi connectivity index (χ2v) is 30.0. The summed E-state index contributed by atoms with van der Waals surface area (Å²) in [4.78, 5) is 157. The number of nitriles is 1. The van der Waals surface area contributed by atoms with Gasteiger partial charge in [-0.3, -0.25) is 92.7 Å². The number of nitrogens with two attached hydrogens (primary N) is 1. The molecule has 12 heterocycles. The van der Waals surface area contributed by atoms with Gasteiger partial charge in [-0.1, -0.05) is 27.7 Å². The third-order valence-corrected chi connectivity index (χ3v) is 22.5. The monoisotopic (exact) mass is 1560 g/mol. The van der Waals surface area contributed by atoms with Gasteiger partial charge in [-0.05, 0) is 74.7 Å². The highest BCUT2D eigenvalue weighted by Crippen LogP contribution is 2.54. The van der Waals surface area contributed by atoms with E-state index in [4.69, 9.17) is 39.0 Å². The number of rotatable bonds is 16. The van der Waals surface area contributed by atoms with Crippen molar-refractivity contribution in [3.05, 3.63) is 130 Å². The Morgan fingerprint density at radius 2 is 0.909 bits per heavy atom. The van der Waals surface area contributed by atoms with Gasteiger partial charge in [-0.2, -0.15) is 5.26 Å². The minimum absolute atomic E-state index is 0.0736. The number of carbonyl (C=O) groups is 3. The van der Waals surface area contributed by atoms with Gasteiger partial charge in [0.25, 0.3) is 30.8 Å². The standard InChI is InChI=1S/C24H38N7O6P.C15H21N5O5.C14H19N5O6.C14H21N5O3/c1-8-24-13-26-22(27-17(7)32)28-18(21(36-24)30-12-16(6)20(33)29-23(30)34)19(24)37-38(35-11-9-10-25)31(14(2)3)15(4)5;1-4-15-6-16-13(17-8(3)21)18-9(10(15)22)12(25-15)20-5-7(2)11(23)19-14(20)24;1-6-3-19(13(24)18-10(6)23)11-8-9(22)14(5-20,25-11)4-15-12(17-8)16-7(2)21;1-4-14-6-16-12(15)17-9(8(14)3)11(22-14)19-5-7(2)10(20)18-13(19)21/h12,14-15,18-19,21H,8-9,11,13H2,1-7H3,(H,29,33,34)(H2,26,27,28,32);5,9-10,12,22H,4,6H2,1-3H3,(H,19,23,24)(H2,16,17,18,21);3,8-9,11,20,22H,4-5H2,1-2H3,(H,18,23,24)(H2,15,16,17,21);5,8-9,11H,4,6H2,1-3H3,(H3,15,16,17)(H,18,20,21)/t18?,19-,21-,24+,38?;9?,10-,12-,15+;8?,9-,11-,14-;8-,9?,11-,14+/m1111/s1. The van der Waals surface area contributed by atoms with Crippen LogP contribution in [-0.4, -0.2) is 216 Å². The smallest absolute Gasteiger partial charge is 0.330 e. The summed E-state index contributed by atoms with van der Waals surface area (Å²) in [5.74, 6) is 0.0576. The quantitative estimate of drug-likeness (QED) is 0.0380. The first kappa shape index (κ1) is 84.4. The molecular formula is C67H99N22O20P. The number of hydrogen-bond donors (Lipinski definition) is 15. The zero-order valence-corrected chi connectivity index (χ0v) is 64.6. The summed E-state index contributed by atoms with van der Waals surface area (Å²) in [7, 11) is -1.66. The first-order chi connectivity index (χ1) is 51.8. The Bertz CT molecular complexity index is 4640. The number of aliphatic hydroxyl groups excluding tert-OH is 3. The Hall–Kier alpha value is -9.67. The molecule has 5 unspecified atom stereocenters. The molecule has 602 valence electrons. The van der Waals surface area contributed by atoms with Gasteiger partial charge in [0.2, 0.25) is 17.7 Å². The lowest BCUT2D eigenvalue weighted by Crippen LogP contribution is -2.53. The number of aryl methyl sites for hydroxylation is 4. The van der Waals surface area contributed by atoms with Gasteiger partial charge in [-0.25, -0.2) is 38.8 Å². The van der Waals surface area contributed by atoms with Crippen molar-refractivity contribution < 1.29 is 57.7 Å². The van der Waals surface area contributed by atoms with Crippen LogP contribution >= 0.6 is 8.53 Å². The van der Waals surface area contributed by atoms with Crippen molar-refractivity contribution in [2.75, 3.05) is 39.4 Å². The van der Waals surface area contributed by atoms with Gasteiger partial charge in [-0.15, -0.1) is 0 Å². The largest absolute Gasteiger partial charge is 0.393 e. The first-order valence-corrected chi connectivity index (χ1v) is 37.0. The van der Waals surface area contributed by atoms with Crippen LogP contribution in [0.2, 0.25) is 0 Å². The van der Waals surface area contributed by atoms with Crippen LogP contribution in [0, 0.1) is 44.9 Å². The number of aromatic amines is 4. The molecule has 3 amide bonds. The molecule has 8 aliphatic rings. The van der Waals surface area contributed by atoms with E-state index >= 15 is 0 Å². The van der Waals surface area contributed by atoms with Gasteiger partial charge >= 0.3 is 22.8 Å². The van der Waals surface area contributed by atoms with Gasteiger partial charge in [0.15, 0.2) is 48.7 Å². The number of hydrogen-bond acceptors (Lipinski definition) is 31. The van der Waals surface area contributed by atoms with Crippen LogP contribution < -0.4 is 87.9 Å². The minimum Gasteiger partial charge on any atom is -0.393 e. The Morgan fingerprint density at radius 1 is 0.573 bits per heavy atom. The molecule has 0 aliphatic carbocycles. The average Bonchev–Trinajstić information content (AvgIpc) is 1.61. The molecule has 8 aliphatic heterocycles. The molecule has 8 bridgehead atoms. The van der Waals surface area contributed by atoms with Gasteiger partial charge < -0.3 is 70.3 Å². The van der Waals surface area contributed by atoms with Crippen LogP contribution in [0.3, 0.4) is 0 Å². The van der Waals surface area contributed by atoms with E-state index in [2.05, 4.69) is 94.8 Å². The van der Waals surface area contributed by atoms with E-state index in [1.165, 1.54) is 66.2 Å². The molecule has 0 radical (unpaired) electrons. The number of fused-ring (bicyclic) bond motifs is 8. The van der Waals surface area contributed by atoms with E-state index in [1.54, 1.807) is 20.8 Å². The van der Waals surface area contributed by atoms with Gasteiger partial charge in [0.05, 0.1) is 63.5 Å². The molecule has 0 saturated carbocycles. The maximum absolute atomic E-state index is 12.9. The number of aliphatic imine (C=N–C) groups is 4. The van der Waals surface area contributed by atoms with Crippen molar-refractivity contribution in [3.8, 4) is 6.07 Å². The molecule has 4 aromatic heterocycles. The van der Waals surface area contributed by atoms with Crippen molar-refractivity contribution in [2.45, 2.75) is 231 Å². The summed E-state index contributed by atoms with van der Waals surface area (Å²) in [5, 5.41) is 60.1. The third kappa shape index (κ3) is 17.4. The van der Waals surface area contributed by atoms with Crippen molar-refractivity contribution in [3.63, 3.8) is 0 Å². The normalized spacial score (nSPS) is 29.7. The number of nitrogens with zero attached hydrogens (tertiary/aromatic N) is 10. The first-order valence-electron chi connectivity index (χ1n) is 35.9. The SMILES string of the molecule is CC(=O)NC1=NC[C@]2(CO)O[C@@H](n3cc(C)c(=O)[nH]c3=O)C(N1)[C@H]2O.CC[C@@]12CN=C(N)NC([C@H](n3cc(C)c(=O)[nH]c3=O)O1)[C@H]2C.CC[C@@]12CN=C(NC(C)=O)NC([C@H](n3cc(C)c(=O)[nH]c3=O)O1)[C@H]2O.CC[C@@]12CN=C(NC(C)=O)NC([C@H](n3cc(C)c(=O)[nH]c3=O)O1)[C@H]2OP(OCCC#N)N(C(C)C)C(C)C. The number of carbonyl (C=O) groups excluding carboxylic acids is 3. The van der Waals surface area contributed by atoms with E-state index < -0.39 is 138 Å². The van der Waals surface area contributed by atoms with Crippen LogP contribution in [0.15, 0.2) is 83.1 Å². The van der Waals surface area contributed by atoms with E-state index in [-0.39, 0.29) is 103 Å². The summed E-state index contributed by atoms with van der Waals surface area (Å²) < 4.78 is 44.8. The number of ether oxygens (including phenoxy) is 4. The van der Waals surface area contributed by atoms with Crippen LogP contribution in [0.1, 0.15) is 149 Å². The fraction of sp³-hybridized carbons (Fsp3) is 0.642. The highest BCUT2D eigenvalue weighted by Gasteiger charge is 2.61. The molecule has 4 fully saturated rings.